The molecular formula is C16H23ClN2O3. The summed E-state index contributed by atoms with van der Waals surface area (Å²) >= 11 is 5.82. The second-order valence-electron chi connectivity index (χ2n) is 5.71. The lowest BCUT2D eigenvalue weighted by atomic mass is 9.99. The first kappa shape index (κ1) is 16.9. The maximum atomic E-state index is 12.1. The third-order valence-corrected chi connectivity index (χ3v) is 4.01. The quantitative estimate of drug-likeness (QED) is 0.874. The van der Waals surface area contributed by atoms with Crippen LogP contribution in [0.5, 0.6) is 5.75 Å². The van der Waals surface area contributed by atoms with Gasteiger partial charge in [-0.1, -0.05) is 11.6 Å². The van der Waals surface area contributed by atoms with Gasteiger partial charge in [-0.3, -0.25) is 0 Å². The third kappa shape index (κ3) is 5.07. The number of likely N-dealkylation sites (tertiary alicyclic amines) is 1. The summed E-state index contributed by atoms with van der Waals surface area (Å²) in [5, 5.41) is 12.8. The van der Waals surface area contributed by atoms with Crippen LogP contribution in [0.1, 0.15) is 19.8 Å². The normalized spacial score (nSPS) is 19.6. The Kier molecular flexibility index (Phi) is 6.34. The number of benzene rings is 1. The second kappa shape index (κ2) is 8.25. The Labute approximate surface area is 136 Å². The molecule has 1 aliphatic heterocycles. The maximum Gasteiger partial charge on any atom is 0.317 e. The van der Waals surface area contributed by atoms with Crippen molar-refractivity contribution in [2.24, 2.45) is 5.92 Å². The molecule has 1 aliphatic rings. The van der Waals surface area contributed by atoms with Gasteiger partial charge >= 0.3 is 6.03 Å². The number of hydrogen-bond acceptors (Lipinski definition) is 3. The molecule has 0 aromatic heterocycles. The molecule has 0 bridgehead atoms. The van der Waals surface area contributed by atoms with Crippen LogP contribution in [0.15, 0.2) is 24.3 Å². The van der Waals surface area contributed by atoms with E-state index in [2.05, 4.69) is 5.32 Å². The SMILES string of the molecule is C[C@@H](CNC(=O)N1CCC[C@@H](CO)C1)Oc1ccc(Cl)cc1. The van der Waals surface area contributed by atoms with Crippen molar-refractivity contribution in [2.75, 3.05) is 26.2 Å². The number of carbonyl (C=O) groups excluding carboxylic acids is 1. The van der Waals surface area contributed by atoms with Crippen LogP contribution in [0.25, 0.3) is 0 Å². The number of aliphatic hydroxyl groups is 1. The van der Waals surface area contributed by atoms with Crippen LogP contribution in [-0.2, 0) is 0 Å². The van der Waals surface area contributed by atoms with Gasteiger partial charge in [-0.25, -0.2) is 4.79 Å². The van der Waals surface area contributed by atoms with E-state index in [1.165, 1.54) is 0 Å². The topological polar surface area (TPSA) is 61.8 Å². The second-order valence-corrected chi connectivity index (χ2v) is 6.14. The first-order valence-corrected chi connectivity index (χ1v) is 8.02. The van der Waals surface area contributed by atoms with Gasteiger partial charge in [-0.15, -0.1) is 0 Å². The predicted molar refractivity (Wildman–Crippen MR) is 86.3 cm³/mol. The van der Waals surface area contributed by atoms with E-state index in [0.29, 0.717) is 18.1 Å². The van der Waals surface area contributed by atoms with Crippen molar-refractivity contribution < 1.29 is 14.6 Å². The highest BCUT2D eigenvalue weighted by Crippen LogP contribution is 2.17. The first-order chi connectivity index (χ1) is 10.6. The highest BCUT2D eigenvalue weighted by Gasteiger charge is 2.23. The fraction of sp³-hybridized carbons (Fsp3) is 0.562. The number of ether oxygens (including phenoxy) is 1. The summed E-state index contributed by atoms with van der Waals surface area (Å²) in [4.78, 5) is 13.9. The number of rotatable bonds is 5. The van der Waals surface area contributed by atoms with E-state index >= 15 is 0 Å². The minimum Gasteiger partial charge on any atom is -0.489 e. The van der Waals surface area contributed by atoms with E-state index in [4.69, 9.17) is 16.3 Å². The van der Waals surface area contributed by atoms with Crippen LogP contribution < -0.4 is 10.1 Å². The van der Waals surface area contributed by atoms with Crippen molar-refractivity contribution in [3.63, 3.8) is 0 Å². The lowest BCUT2D eigenvalue weighted by Crippen LogP contribution is -2.48. The van der Waals surface area contributed by atoms with Gasteiger partial charge in [0.05, 0.1) is 6.54 Å². The Balaban J connectivity index is 1.74. The summed E-state index contributed by atoms with van der Waals surface area (Å²) in [6, 6.07) is 7.05. The minimum atomic E-state index is -0.136. The van der Waals surface area contributed by atoms with E-state index in [1.54, 1.807) is 29.2 Å². The third-order valence-electron chi connectivity index (χ3n) is 3.76. The van der Waals surface area contributed by atoms with Crippen LogP contribution in [0, 0.1) is 5.92 Å². The summed E-state index contributed by atoms with van der Waals surface area (Å²) in [7, 11) is 0. The number of halogens is 1. The highest BCUT2D eigenvalue weighted by molar-refractivity contribution is 6.30. The zero-order chi connectivity index (χ0) is 15.9. The molecule has 0 spiro atoms. The smallest absolute Gasteiger partial charge is 0.317 e. The molecule has 1 heterocycles. The Morgan fingerprint density at radius 3 is 2.91 bits per heavy atom. The lowest BCUT2D eigenvalue weighted by Gasteiger charge is -2.32. The van der Waals surface area contributed by atoms with Gasteiger partial charge in [-0.05, 0) is 49.9 Å². The number of nitrogens with one attached hydrogen (secondary N) is 1. The first-order valence-electron chi connectivity index (χ1n) is 7.64. The zero-order valence-corrected chi connectivity index (χ0v) is 13.6. The molecule has 2 atom stereocenters. The van der Waals surface area contributed by atoms with Gasteiger partial charge in [0, 0.05) is 24.7 Å². The number of hydrogen-bond donors (Lipinski definition) is 2. The van der Waals surface area contributed by atoms with Gasteiger partial charge < -0.3 is 20.1 Å². The summed E-state index contributed by atoms with van der Waals surface area (Å²) < 4.78 is 5.72. The van der Waals surface area contributed by atoms with Crippen molar-refractivity contribution >= 4 is 17.6 Å². The molecule has 5 nitrogen and oxygen atoms in total. The fourth-order valence-corrected chi connectivity index (χ4v) is 2.65. The highest BCUT2D eigenvalue weighted by atomic mass is 35.5. The van der Waals surface area contributed by atoms with E-state index in [-0.39, 0.29) is 24.7 Å². The standard InChI is InChI=1S/C16H23ClN2O3/c1-12(22-15-6-4-14(17)5-7-15)9-18-16(21)19-8-2-3-13(10-19)11-20/h4-7,12-13,20H,2-3,8-11H2,1H3,(H,18,21)/t12-,13+/m0/s1. The summed E-state index contributed by atoms with van der Waals surface area (Å²) in [5.41, 5.74) is 0. The molecule has 22 heavy (non-hydrogen) atoms. The Bertz CT molecular complexity index is 481. The van der Waals surface area contributed by atoms with Gasteiger partial charge in [0.1, 0.15) is 11.9 Å². The average Bonchev–Trinajstić information content (AvgIpc) is 2.55. The van der Waals surface area contributed by atoms with Crippen LogP contribution in [0.3, 0.4) is 0 Å². The molecule has 0 aliphatic carbocycles. The number of aliphatic hydroxyl groups excluding tert-OH is 1. The molecule has 0 saturated carbocycles. The Hall–Kier alpha value is -1.46. The number of nitrogens with zero attached hydrogens (tertiary/aromatic N) is 1. The van der Waals surface area contributed by atoms with Crippen LogP contribution in [0.4, 0.5) is 4.79 Å². The minimum absolute atomic E-state index is 0.0929. The van der Waals surface area contributed by atoms with Gasteiger partial charge in [0.2, 0.25) is 0 Å². The molecule has 1 aromatic rings. The van der Waals surface area contributed by atoms with E-state index in [0.717, 1.165) is 25.1 Å². The van der Waals surface area contributed by atoms with Crippen molar-refractivity contribution in [3.8, 4) is 5.75 Å². The van der Waals surface area contributed by atoms with Crippen molar-refractivity contribution in [2.45, 2.75) is 25.9 Å². The van der Waals surface area contributed by atoms with Gasteiger partial charge in [0.15, 0.2) is 0 Å². The summed E-state index contributed by atoms with van der Waals surface area (Å²) in [6.45, 7) is 3.84. The van der Waals surface area contributed by atoms with Gasteiger partial charge in [0.25, 0.3) is 0 Å². The predicted octanol–water partition coefficient (Wildman–Crippen LogP) is 2.52. The Morgan fingerprint density at radius 1 is 1.50 bits per heavy atom. The van der Waals surface area contributed by atoms with Crippen molar-refractivity contribution in [1.82, 2.24) is 10.2 Å². The molecule has 6 heteroatoms. The largest absolute Gasteiger partial charge is 0.489 e. The number of urea groups is 1. The molecule has 0 unspecified atom stereocenters. The number of carbonyl (C=O) groups is 1. The monoisotopic (exact) mass is 326 g/mol. The molecule has 2 amide bonds. The van der Waals surface area contributed by atoms with Crippen LogP contribution >= 0.6 is 11.6 Å². The van der Waals surface area contributed by atoms with Gasteiger partial charge in [-0.2, -0.15) is 0 Å². The van der Waals surface area contributed by atoms with Crippen molar-refractivity contribution in [1.29, 1.82) is 0 Å². The van der Waals surface area contributed by atoms with E-state index < -0.39 is 0 Å². The fourth-order valence-electron chi connectivity index (χ4n) is 2.53. The summed E-state index contributed by atoms with van der Waals surface area (Å²) in [5.74, 6) is 0.923. The maximum absolute atomic E-state index is 12.1. The molecular weight excluding hydrogens is 304 g/mol. The molecule has 2 N–H and O–H groups in total. The number of amides is 2. The zero-order valence-electron chi connectivity index (χ0n) is 12.8. The van der Waals surface area contributed by atoms with Crippen LogP contribution in [-0.4, -0.2) is 48.4 Å². The molecule has 1 saturated heterocycles. The van der Waals surface area contributed by atoms with E-state index in [9.17, 15) is 9.90 Å². The molecule has 2 rings (SSSR count). The van der Waals surface area contributed by atoms with Crippen molar-refractivity contribution in [3.05, 3.63) is 29.3 Å². The Morgan fingerprint density at radius 2 is 2.23 bits per heavy atom. The van der Waals surface area contributed by atoms with Crippen LogP contribution in [0.2, 0.25) is 5.02 Å². The molecule has 1 aromatic carbocycles. The summed E-state index contributed by atoms with van der Waals surface area (Å²) in [6.07, 6.45) is 1.79. The molecule has 0 radical (unpaired) electrons. The molecule has 122 valence electrons. The average molecular weight is 327 g/mol. The van der Waals surface area contributed by atoms with E-state index in [1.807, 2.05) is 6.92 Å². The molecule has 1 fully saturated rings. The number of piperidine rings is 1. The lowest BCUT2D eigenvalue weighted by molar-refractivity contribution is 0.126.